The molecular weight excluding hydrogens is 333 g/mol. The molecule has 0 saturated carbocycles. The van der Waals surface area contributed by atoms with Crippen LogP contribution in [0.3, 0.4) is 0 Å². The molecule has 24 heavy (non-hydrogen) atoms. The first-order chi connectivity index (χ1) is 11.5. The highest BCUT2D eigenvalue weighted by molar-refractivity contribution is 6.32. The highest BCUT2D eigenvalue weighted by Crippen LogP contribution is 2.35. The summed E-state index contributed by atoms with van der Waals surface area (Å²) >= 11 is 6.01. The molecule has 0 unspecified atom stereocenters. The largest absolute Gasteiger partial charge is 0.504 e. The van der Waals surface area contributed by atoms with Gasteiger partial charge in [-0.1, -0.05) is 25.4 Å². The Kier molecular flexibility index (Phi) is 5.46. The summed E-state index contributed by atoms with van der Waals surface area (Å²) in [5.41, 5.74) is 0.558. The fraction of sp³-hybridized carbons (Fsp3) is 0.167. The van der Waals surface area contributed by atoms with E-state index in [0.29, 0.717) is 15.9 Å². The Morgan fingerprint density at radius 2 is 1.79 bits per heavy atom. The Morgan fingerprint density at radius 3 is 2.42 bits per heavy atom. The third-order valence-corrected chi connectivity index (χ3v) is 3.66. The first kappa shape index (κ1) is 17.8. The smallest absolute Gasteiger partial charge is 0.295 e. The number of aromatic hydroxyl groups is 1. The lowest BCUT2D eigenvalue weighted by atomic mass is 10.1. The van der Waals surface area contributed by atoms with Gasteiger partial charge in [0, 0.05) is 10.4 Å². The van der Waals surface area contributed by atoms with Crippen LogP contribution < -0.4 is 10.3 Å². The molecule has 0 bridgehead atoms. The maximum Gasteiger partial charge on any atom is 0.295 e. The highest BCUT2D eigenvalue weighted by atomic mass is 35.5. The van der Waals surface area contributed by atoms with Crippen molar-refractivity contribution in [3.8, 4) is 17.2 Å². The van der Waals surface area contributed by atoms with Gasteiger partial charge in [-0.25, -0.2) is 4.39 Å². The van der Waals surface area contributed by atoms with Gasteiger partial charge in [0.1, 0.15) is 11.6 Å². The minimum atomic E-state index is -0.603. The van der Waals surface area contributed by atoms with Gasteiger partial charge in [-0.3, -0.25) is 4.79 Å². The molecule has 0 radical (unpaired) electrons. The number of aryl methyl sites for hydroxylation is 1. The van der Waals surface area contributed by atoms with Crippen LogP contribution in [0, 0.1) is 12.7 Å². The predicted molar refractivity (Wildman–Crippen MR) is 93.8 cm³/mol. The van der Waals surface area contributed by atoms with E-state index >= 15 is 0 Å². The Bertz CT molecular complexity index is 920. The summed E-state index contributed by atoms with van der Waals surface area (Å²) in [6.07, 6.45) is 0. The highest BCUT2D eigenvalue weighted by Gasteiger charge is 2.15. The molecule has 0 aliphatic heterocycles. The topological polar surface area (TPSA) is 62.3 Å². The lowest BCUT2D eigenvalue weighted by molar-refractivity contribution is 0.410. The fourth-order valence-electron chi connectivity index (χ4n) is 2.10. The summed E-state index contributed by atoms with van der Waals surface area (Å²) in [6.45, 7) is 5.78. The number of pyridine rings is 1. The van der Waals surface area contributed by atoms with Gasteiger partial charge in [-0.2, -0.15) is 0 Å². The normalized spacial score (nSPS) is 10.2. The number of nitrogens with one attached hydrogen (secondary N) is 1. The average Bonchev–Trinajstić information content (AvgIpc) is 2.57. The van der Waals surface area contributed by atoms with Gasteiger partial charge in [-0.15, -0.1) is 0 Å². The Balaban J connectivity index is 0.00000100. The van der Waals surface area contributed by atoms with Gasteiger partial charge in [0.05, 0.1) is 5.52 Å². The molecule has 1 aromatic heterocycles. The van der Waals surface area contributed by atoms with E-state index in [4.69, 9.17) is 16.3 Å². The van der Waals surface area contributed by atoms with Crippen LogP contribution in [0.15, 0.2) is 41.2 Å². The lowest BCUT2D eigenvalue weighted by Crippen LogP contribution is -2.09. The second-order valence-corrected chi connectivity index (χ2v) is 5.24. The van der Waals surface area contributed by atoms with Crippen LogP contribution in [-0.4, -0.2) is 10.1 Å². The molecular formula is C18H17ClFNO3. The number of aromatic nitrogens is 1. The molecule has 6 heteroatoms. The first-order valence-corrected chi connectivity index (χ1v) is 7.82. The van der Waals surface area contributed by atoms with E-state index in [9.17, 15) is 14.3 Å². The quantitative estimate of drug-likeness (QED) is 0.672. The fourth-order valence-corrected chi connectivity index (χ4v) is 2.27. The second kappa shape index (κ2) is 7.36. The van der Waals surface area contributed by atoms with Gasteiger partial charge in [0.15, 0.2) is 5.75 Å². The van der Waals surface area contributed by atoms with Gasteiger partial charge >= 0.3 is 0 Å². The number of rotatable bonds is 2. The Morgan fingerprint density at radius 1 is 1.17 bits per heavy atom. The molecule has 0 fully saturated rings. The third kappa shape index (κ3) is 3.51. The molecule has 0 spiro atoms. The molecule has 0 amide bonds. The van der Waals surface area contributed by atoms with E-state index in [-0.39, 0.29) is 17.2 Å². The number of ether oxygens (including phenoxy) is 1. The Hall–Kier alpha value is -2.53. The molecule has 0 aliphatic carbocycles. The van der Waals surface area contributed by atoms with E-state index in [2.05, 4.69) is 4.98 Å². The maximum atomic E-state index is 12.9. The Labute approximate surface area is 143 Å². The van der Waals surface area contributed by atoms with Crippen molar-refractivity contribution < 1.29 is 14.2 Å². The van der Waals surface area contributed by atoms with Crippen molar-refractivity contribution in [2.75, 3.05) is 0 Å². The maximum absolute atomic E-state index is 12.9. The number of fused-ring (bicyclic) bond motifs is 1. The van der Waals surface area contributed by atoms with E-state index in [1.807, 2.05) is 13.8 Å². The van der Waals surface area contributed by atoms with Crippen molar-refractivity contribution in [1.29, 1.82) is 0 Å². The summed E-state index contributed by atoms with van der Waals surface area (Å²) in [4.78, 5) is 14.7. The molecule has 4 nitrogen and oxygen atoms in total. The van der Waals surface area contributed by atoms with Crippen LogP contribution in [0.25, 0.3) is 10.9 Å². The van der Waals surface area contributed by atoms with Crippen LogP contribution in [0.5, 0.6) is 17.2 Å². The zero-order chi connectivity index (χ0) is 17.9. The summed E-state index contributed by atoms with van der Waals surface area (Å²) in [5.74, 6) is -0.717. The van der Waals surface area contributed by atoms with E-state index < -0.39 is 11.4 Å². The van der Waals surface area contributed by atoms with Crippen molar-refractivity contribution in [3.05, 3.63) is 63.2 Å². The van der Waals surface area contributed by atoms with Crippen LogP contribution in [-0.2, 0) is 0 Å². The predicted octanol–water partition coefficient (Wildman–Crippen LogP) is 5.15. The first-order valence-electron chi connectivity index (χ1n) is 7.44. The number of hydrogen-bond donors (Lipinski definition) is 2. The lowest BCUT2D eigenvalue weighted by Gasteiger charge is -2.10. The van der Waals surface area contributed by atoms with Gasteiger partial charge < -0.3 is 14.8 Å². The zero-order valence-electron chi connectivity index (χ0n) is 13.5. The van der Waals surface area contributed by atoms with Crippen molar-refractivity contribution >= 4 is 22.5 Å². The number of hydrogen-bond acceptors (Lipinski definition) is 3. The van der Waals surface area contributed by atoms with E-state index in [0.717, 1.165) is 5.56 Å². The summed E-state index contributed by atoms with van der Waals surface area (Å²) in [6, 6.07) is 8.35. The summed E-state index contributed by atoms with van der Waals surface area (Å²) in [5, 5.41) is 11.2. The molecule has 126 valence electrons. The molecule has 0 atom stereocenters. The van der Waals surface area contributed by atoms with Crippen LogP contribution in [0.4, 0.5) is 4.39 Å². The molecule has 0 saturated heterocycles. The van der Waals surface area contributed by atoms with Crippen LogP contribution in [0.1, 0.15) is 19.4 Å². The van der Waals surface area contributed by atoms with E-state index in [1.54, 1.807) is 19.1 Å². The molecule has 1 heterocycles. The second-order valence-electron chi connectivity index (χ2n) is 4.83. The minimum absolute atomic E-state index is 0.243. The van der Waals surface area contributed by atoms with Crippen molar-refractivity contribution in [2.45, 2.75) is 20.8 Å². The zero-order valence-corrected chi connectivity index (χ0v) is 14.2. The number of aromatic amines is 1. The van der Waals surface area contributed by atoms with Crippen LogP contribution >= 0.6 is 11.6 Å². The van der Waals surface area contributed by atoms with Crippen molar-refractivity contribution in [3.63, 3.8) is 0 Å². The van der Waals surface area contributed by atoms with Gasteiger partial charge in [-0.05, 0) is 48.9 Å². The number of halogens is 2. The van der Waals surface area contributed by atoms with Gasteiger partial charge in [0.25, 0.3) is 5.56 Å². The molecule has 0 aliphatic rings. The van der Waals surface area contributed by atoms with Gasteiger partial charge in [0.2, 0.25) is 5.75 Å². The molecule has 3 aromatic rings. The SMILES string of the molecule is CC.Cc1cc2c(O)c(Oc3ccc(F)cc3)c(=O)[nH]c2cc1Cl. The molecule has 3 rings (SSSR count). The van der Waals surface area contributed by atoms with E-state index in [1.165, 1.54) is 24.3 Å². The van der Waals surface area contributed by atoms with Crippen molar-refractivity contribution in [1.82, 2.24) is 4.98 Å². The monoisotopic (exact) mass is 349 g/mol. The average molecular weight is 350 g/mol. The third-order valence-electron chi connectivity index (χ3n) is 3.26. The molecule has 2 N–H and O–H groups in total. The van der Waals surface area contributed by atoms with Crippen molar-refractivity contribution in [2.24, 2.45) is 0 Å². The number of H-pyrrole nitrogens is 1. The van der Waals surface area contributed by atoms with Crippen LogP contribution in [0.2, 0.25) is 5.02 Å². The summed E-state index contributed by atoms with van der Waals surface area (Å²) in [7, 11) is 0. The summed E-state index contributed by atoms with van der Waals surface area (Å²) < 4.78 is 18.3. The standard InChI is InChI=1S/C16H11ClFNO3.C2H6/c1-8-6-11-13(7-12(8)17)19-16(21)15(14(11)20)22-10-4-2-9(18)3-5-10;1-2/h2-7H,1H3,(H2,19,20,21);1-2H3. The number of benzene rings is 2. The minimum Gasteiger partial charge on any atom is -0.504 e. The molecule has 2 aromatic carbocycles.